The molecule has 0 spiro atoms. The lowest BCUT2D eigenvalue weighted by atomic mass is 9.87. The summed E-state index contributed by atoms with van der Waals surface area (Å²) in [6, 6.07) is 19.7. The number of carbonyl (C=O) groups is 1. The summed E-state index contributed by atoms with van der Waals surface area (Å²) in [7, 11) is -2.30. The topological polar surface area (TPSA) is 110 Å². The summed E-state index contributed by atoms with van der Waals surface area (Å²) < 4.78 is 28.2. The second kappa shape index (κ2) is 11.3. The zero-order valence-corrected chi connectivity index (χ0v) is 21.0. The lowest BCUT2D eigenvalue weighted by Crippen LogP contribution is -2.40. The second-order valence-corrected chi connectivity index (χ2v) is 8.60. The number of benzene rings is 3. The van der Waals surface area contributed by atoms with Crippen molar-refractivity contribution in [3.05, 3.63) is 89.5 Å². The van der Waals surface area contributed by atoms with Crippen molar-refractivity contribution in [3.8, 4) is 5.75 Å². The number of carbonyl (C=O) groups excluding carboxylic acids is 1. The third kappa shape index (κ3) is 5.14. The maximum absolute atomic E-state index is 13.4. The summed E-state index contributed by atoms with van der Waals surface area (Å²) >= 11 is 0. The molecule has 8 heteroatoms. The summed E-state index contributed by atoms with van der Waals surface area (Å²) in [5.74, 6) is 0.196. The number of sulfonamides is 1. The minimum Gasteiger partial charge on any atom is -0.497 e. The lowest BCUT2D eigenvalue weighted by molar-refractivity contribution is -0.132. The number of hydrogen-bond acceptors (Lipinski definition) is 5. The van der Waals surface area contributed by atoms with E-state index >= 15 is 0 Å². The predicted molar refractivity (Wildman–Crippen MR) is 134 cm³/mol. The number of anilines is 1. The van der Waals surface area contributed by atoms with Gasteiger partial charge in [-0.2, -0.15) is 0 Å². The molecule has 3 N–H and O–H groups in total. The van der Waals surface area contributed by atoms with Crippen LogP contribution in [0.1, 0.15) is 44.4 Å². The van der Waals surface area contributed by atoms with Crippen LogP contribution in [0.4, 0.5) is 5.69 Å². The molecule has 7 nitrogen and oxygen atoms in total. The normalized spacial score (nSPS) is 16.6. The van der Waals surface area contributed by atoms with E-state index in [1.54, 1.807) is 43.5 Å². The first-order chi connectivity index (χ1) is 16.2. The van der Waals surface area contributed by atoms with Crippen molar-refractivity contribution in [1.82, 2.24) is 0 Å². The molecule has 4 rings (SSSR count). The quantitative estimate of drug-likeness (QED) is 0.565. The van der Waals surface area contributed by atoms with Crippen molar-refractivity contribution in [3.63, 3.8) is 0 Å². The molecule has 3 aromatic carbocycles. The van der Waals surface area contributed by atoms with Gasteiger partial charge in [-0.05, 0) is 41.5 Å². The third-order valence-electron chi connectivity index (χ3n) is 5.24. The Kier molecular flexibility index (Phi) is 8.98. The van der Waals surface area contributed by atoms with Gasteiger partial charge in [0.1, 0.15) is 5.75 Å². The maximum Gasteiger partial charge on any atom is 0.268 e. The average Bonchev–Trinajstić information content (AvgIpc) is 3.09. The van der Waals surface area contributed by atoms with Crippen molar-refractivity contribution in [1.29, 1.82) is 0 Å². The van der Waals surface area contributed by atoms with Crippen molar-refractivity contribution >= 4 is 21.6 Å². The van der Waals surface area contributed by atoms with Gasteiger partial charge in [0.05, 0.1) is 24.2 Å². The fourth-order valence-electron chi connectivity index (χ4n) is 3.67. The molecule has 0 aromatic heterocycles. The fraction of sp³-hybridized carbons (Fsp3) is 0.269. The average molecular weight is 485 g/mol. The number of rotatable bonds is 5. The number of fused-ring (bicyclic) bond motifs is 1. The van der Waals surface area contributed by atoms with Crippen LogP contribution < -0.4 is 14.8 Å². The van der Waals surface area contributed by atoms with Crippen LogP contribution in [0.3, 0.4) is 0 Å². The molecule has 1 aliphatic heterocycles. The van der Waals surface area contributed by atoms with Gasteiger partial charge in [-0.1, -0.05) is 70.2 Å². The highest BCUT2D eigenvalue weighted by Gasteiger charge is 2.50. The Morgan fingerprint density at radius 3 is 2.00 bits per heavy atom. The molecule has 1 heterocycles. The molecular formula is C26H32N2O5S. The molecule has 0 fully saturated rings. The molecule has 0 aliphatic carbocycles. The van der Waals surface area contributed by atoms with Crippen molar-refractivity contribution in [2.45, 2.75) is 44.7 Å². The summed E-state index contributed by atoms with van der Waals surface area (Å²) in [5.41, 5.74) is 0.237. The number of nitrogens with two attached hydrogens (primary N) is 1. The fourth-order valence-corrected chi connectivity index (χ4v) is 4.19. The Balaban J connectivity index is 0.000000970. The molecule has 0 bridgehead atoms. The van der Waals surface area contributed by atoms with Crippen LogP contribution in [-0.2, 0) is 27.0 Å². The largest absolute Gasteiger partial charge is 0.497 e. The molecule has 3 aromatic rings. The third-order valence-corrected chi connectivity index (χ3v) is 6.17. The van der Waals surface area contributed by atoms with Gasteiger partial charge in [-0.15, -0.1) is 0 Å². The van der Waals surface area contributed by atoms with Crippen LogP contribution in [0.2, 0.25) is 0 Å². The van der Waals surface area contributed by atoms with Crippen LogP contribution in [0.15, 0.2) is 77.7 Å². The first-order valence-electron chi connectivity index (χ1n) is 11.2. The van der Waals surface area contributed by atoms with Gasteiger partial charge in [0.2, 0.25) is 10.0 Å². The molecule has 182 valence electrons. The smallest absolute Gasteiger partial charge is 0.268 e. The van der Waals surface area contributed by atoms with Gasteiger partial charge < -0.3 is 14.7 Å². The van der Waals surface area contributed by atoms with Crippen LogP contribution in [-0.4, -0.2) is 26.5 Å². The van der Waals surface area contributed by atoms with E-state index in [-0.39, 0.29) is 17.0 Å². The molecule has 1 unspecified atom stereocenters. The van der Waals surface area contributed by atoms with E-state index in [0.29, 0.717) is 17.0 Å². The first-order valence-corrected chi connectivity index (χ1v) is 12.7. The summed E-state index contributed by atoms with van der Waals surface area (Å²) in [4.78, 5) is 14.8. The van der Waals surface area contributed by atoms with Crippen molar-refractivity contribution < 1.29 is 23.1 Å². The van der Waals surface area contributed by atoms with Gasteiger partial charge in [0, 0.05) is 5.56 Å². The van der Waals surface area contributed by atoms with Gasteiger partial charge in [0.25, 0.3) is 5.91 Å². The Morgan fingerprint density at radius 2 is 1.47 bits per heavy atom. The van der Waals surface area contributed by atoms with Crippen LogP contribution in [0.25, 0.3) is 0 Å². The molecule has 0 saturated carbocycles. The van der Waals surface area contributed by atoms with Gasteiger partial charge in [-0.25, -0.2) is 13.6 Å². The van der Waals surface area contributed by atoms with Crippen molar-refractivity contribution in [2.75, 3.05) is 12.0 Å². The second-order valence-electron chi connectivity index (χ2n) is 7.04. The molecule has 1 atom stereocenters. The zero-order valence-electron chi connectivity index (χ0n) is 20.1. The Bertz CT molecular complexity index is 1210. The number of ether oxygens (including phenoxy) is 1. The van der Waals surface area contributed by atoms with Crippen molar-refractivity contribution in [2.24, 2.45) is 5.14 Å². The van der Waals surface area contributed by atoms with Gasteiger partial charge in [-0.3, -0.25) is 4.79 Å². The predicted octanol–water partition coefficient (Wildman–Crippen LogP) is 4.18. The zero-order chi connectivity index (χ0) is 25.5. The number of primary sulfonamides is 1. The number of amides is 1. The first kappa shape index (κ1) is 27.0. The highest BCUT2D eigenvalue weighted by atomic mass is 32.2. The van der Waals surface area contributed by atoms with E-state index in [2.05, 4.69) is 0 Å². The highest BCUT2D eigenvalue weighted by Crippen LogP contribution is 2.45. The number of hydrogen-bond donors (Lipinski definition) is 2. The molecular weight excluding hydrogens is 452 g/mol. The molecule has 0 radical (unpaired) electrons. The molecule has 1 aliphatic rings. The monoisotopic (exact) mass is 484 g/mol. The maximum atomic E-state index is 13.4. The van der Waals surface area contributed by atoms with E-state index in [1.807, 2.05) is 39.8 Å². The number of nitrogens with zero attached hydrogens (tertiary/aromatic N) is 1. The number of para-hydroxylation sites is 1. The molecule has 34 heavy (non-hydrogen) atoms. The lowest BCUT2D eigenvalue weighted by Gasteiger charge is -2.24. The highest BCUT2D eigenvalue weighted by molar-refractivity contribution is 7.89. The number of methoxy groups -OCH3 is 1. The van der Waals surface area contributed by atoms with E-state index in [4.69, 9.17) is 9.88 Å². The minimum atomic E-state index is -3.88. The van der Waals surface area contributed by atoms with E-state index in [0.717, 1.165) is 5.56 Å². The van der Waals surface area contributed by atoms with Gasteiger partial charge in [0.15, 0.2) is 5.60 Å². The SMILES string of the molecule is CC.CC.COc1ccc(CN2C(=O)C(O)(c3ccc(S(N)(=O)=O)cc3)c3ccccc32)cc1. The van der Waals surface area contributed by atoms with E-state index in [9.17, 15) is 18.3 Å². The van der Waals surface area contributed by atoms with E-state index in [1.165, 1.54) is 29.2 Å². The minimum absolute atomic E-state index is 0.0938. The Hall–Kier alpha value is -3.20. The molecule has 1 amide bonds. The van der Waals surface area contributed by atoms with Crippen LogP contribution in [0.5, 0.6) is 5.75 Å². The summed E-state index contributed by atoms with van der Waals surface area (Å²) in [6.45, 7) is 8.26. The Morgan fingerprint density at radius 1 is 0.912 bits per heavy atom. The van der Waals surface area contributed by atoms with E-state index < -0.39 is 21.5 Å². The van der Waals surface area contributed by atoms with Crippen LogP contribution >= 0.6 is 0 Å². The van der Waals surface area contributed by atoms with Crippen LogP contribution in [0, 0.1) is 0 Å². The standard InChI is InChI=1S/C22H20N2O5S.2C2H6/c1-29-17-10-6-15(7-11-17)14-24-20-5-3-2-4-19(20)22(26,21(24)25)16-8-12-18(13-9-16)30(23,27)28;2*1-2/h2-13,26H,14H2,1H3,(H2,23,27,28);2*1-2H3. The molecule has 0 saturated heterocycles. The number of aliphatic hydroxyl groups is 1. The van der Waals surface area contributed by atoms with Gasteiger partial charge >= 0.3 is 0 Å². The summed E-state index contributed by atoms with van der Waals surface area (Å²) in [6.07, 6.45) is 0. The Labute approximate surface area is 201 Å². The summed E-state index contributed by atoms with van der Waals surface area (Å²) in [5, 5.41) is 16.7.